The minimum Gasteiger partial charge on any atom is -0.302 e. The van der Waals surface area contributed by atoms with Crippen LogP contribution in [0.2, 0.25) is 0 Å². The van der Waals surface area contributed by atoms with Crippen molar-refractivity contribution in [3.8, 4) is 0 Å². The van der Waals surface area contributed by atoms with Gasteiger partial charge in [-0.15, -0.1) is 0 Å². The molecule has 0 bridgehead atoms. The Labute approximate surface area is 166 Å². The third-order valence-corrected chi connectivity index (χ3v) is 4.84. The molecule has 0 fully saturated rings. The molecular weight excluding hydrogens is 369 g/mol. The molecule has 166 valence electrons. The van der Waals surface area contributed by atoms with E-state index in [-0.39, 0.29) is 0 Å². The van der Waals surface area contributed by atoms with Crippen molar-refractivity contribution in [1.82, 2.24) is 5.23 Å². The molecule has 27 heavy (non-hydrogen) atoms. The summed E-state index contributed by atoms with van der Waals surface area (Å²) in [7, 11) is -2.40. The Hall–Kier alpha value is -0.0100. The number of hydroxylamine groups is 2. The third kappa shape index (κ3) is 28.3. The minimum atomic E-state index is -3.82. The highest BCUT2D eigenvalue weighted by Crippen LogP contribution is 2.43. The van der Waals surface area contributed by atoms with E-state index < -0.39 is 7.82 Å². The van der Waals surface area contributed by atoms with E-state index in [1.807, 2.05) is 0 Å². The van der Waals surface area contributed by atoms with Gasteiger partial charge in [0.2, 0.25) is 0 Å². The molecule has 7 nitrogen and oxygen atoms in total. The maximum absolute atomic E-state index is 11.6. The van der Waals surface area contributed by atoms with Gasteiger partial charge >= 0.3 is 7.82 Å². The molecule has 0 amide bonds. The Balaban J connectivity index is 0. The quantitative estimate of drug-likeness (QED) is 0.159. The molecule has 0 saturated heterocycles. The van der Waals surface area contributed by atoms with Crippen LogP contribution in [-0.2, 0) is 18.5 Å². The molecule has 8 heteroatoms. The first-order valence-electron chi connectivity index (χ1n) is 10.6. The molecular formula is C19H44NO6P. The number of unbranched alkanes of at least 4 members (excludes halogenated alkanes) is 10. The van der Waals surface area contributed by atoms with Crippen LogP contribution in [0, 0.1) is 0 Å². The van der Waals surface area contributed by atoms with Crippen LogP contribution in [0.3, 0.4) is 0 Å². The predicted octanol–water partition coefficient (Wildman–Crippen LogP) is 6.10. The Morgan fingerprint density at radius 2 is 1.11 bits per heavy atom. The van der Waals surface area contributed by atoms with Gasteiger partial charge in [0.25, 0.3) is 0 Å². The first-order valence-corrected chi connectivity index (χ1v) is 12.1. The SMILES string of the molecule is CCCCCCCCOP(=O)(O)OCCCCCCCC.CCON(C)O. The molecule has 0 aliphatic heterocycles. The fourth-order valence-electron chi connectivity index (χ4n) is 2.35. The molecule has 0 aliphatic rings. The number of hydrogen-bond donors (Lipinski definition) is 2. The standard InChI is InChI=1S/C16H35O4P.C3H9NO2/c1-3-5-7-9-11-13-15-19-21(17,18)20-16-14-12-10-8-6-4-2;1-3-6-4(2)5/h3-16H2,1-2H3,(H,17,18);5H,3H2,1-2H3. The first kappa shape index (κ1) is 29.2. The monoisotopic (exact) mass is 413 g/mol. The van der Waals surface area contributed by atoms with E-state index in [0.717, 1.165) is 25.7 Å². The highest BCUT2D eigenvalue weighted by Gasteiger charge is 2.19. The summed E-state index contributed by atoms with van der Waals surface area (Å²) < 4.78 is 21.5. The molecule has 0 aromatic rings. The van der Waals surface area contributed by atoms with Crippen LogP contribution in [0.4, 0.5) is 0 Å². The third-order valence-electron chi connectivity index (χ3n) is 3.82. The van der Waals surface area contributed by atoms with Crippen LogP contribution in [0.1, 0.15) is 97.8 Å². The van der Waals surface area contributed by atoms with E-state index in [2.05, 4.69) is 18.7 Å². The lowest BCUT2D eigenvalue weighted by molar-refractivity contribution is -0.321. The maximum atomic E-state index is 11.6. The van der Waals surface area contributed by atoms with Gasteiger partial charge in [-0.1, -0.05) is 83.3 Å². The molecule has 0 aromatic heterocycles. The summed E-state index contributed by atoms with van der Waals surface area (Å²) in [6, 6.07) is 0. The van der Waals surface area contributed by atoms with Gasteiger partial charge in [-0.25, -0.2) is 4.57 Å². The Kier molecular flexibility index (Phi) is 24.1. The fourth-order valence-corrected chi connectivity index (χ4v) is 3.14. The van der Waals surface area contributed by atoms with E-state index in [1.165, 1.54) is 58.4 Å². The van der Waals surface area contributed by atoms with Gasteiger partial charge in [0.05, 0.1) is 19.8 Å². The second kappa shape index (κ2) is 22.3. The maximum Gasteiger partial charge on any atom is 0.472 e. The molecule has 0 saturated carbocycles. The second-order valence-corrected chi connectivity index (χ2v) is 8.01. The van der Waals surface area contributed by atoms with E-state index >= 15 is 0 Å². The summed E-state index contributed by atoms with van der Waals surface area (Å²) in [5.41, 5.74) is 0. The smallest absolute Gasteiger partial charge is 0.302 e. The zero-order chi connectivity index (χ0) is 20.8. The molecule has 0 aromatic carbocycles. The van der Waals surface area contributed by atoms with Crippen LogP contribution in [0.15, 0.2) is 0 Å². The van der Waals surface area contributed by atoms with Gasteiger partial charge in [0.1, 0.15) is 0 Å². The van der Waals surface area contributed by atoms with Crippen LogP contribution in [0.25, 0.3) is 0 Å². The molecule has 0 spiro atoms. The van der Waals surface area contributed by atoms with E-state index in [0.29, 0.717) is 25.0 Å². The molecule has 0 heterocycles. The number of phosphoric ester groups is 1. The van der Waals surface area contributed by atoms with Crippen molar-refractivity contribution in [2.24, 2.45) is 0 Å². The lowest BCUT2D eigenvalue weighted by Gasteiger charge is -2.12. The van der Waals surface area contributed by atoms with Gasteiger partial charge in [-0.3, -0.25) is 19.1 Å². The van der Waals surface area contributed by atoms with Gasteiger partial charge in [-0.2, -0.15) is 0 Å². The first-order chi connectivity index (χ1) is 12.9. The van der Waals surface area contributed by atoms with Crippen molar-refractivity contribution in [3.05, 3.63) is 0 Å². The largest absolute Gasteiger partial charge is 0.472 e. The van der Waals surface area contributed by atoms with Crippen molar-refractivity contribution in [2.45, 2.75) is 97.8 Å². The van der Waals surface area contributed by atoms with Crippen molar-refractivity contribution >= 4 is 7.82 Å². The van der Waals surface area contributed by atoms with Crippen molar-refractivity contribution in [3.63, 3.8) is 0 Å². The number of phosphoric acid groups is 1. The fraction of sp³-hybridized carbons (Fsp3) is 1.00. The Morgan fingerprint density at radius 3 is 1.41 bits per heavy atom. The van der Waals surface area contributed by atoms with Crippen molar-refractivity contribution in [2.75, 3.05) is 26.9 Å². The Morgan fingerprint density at radius 1 is 0.741 bits per heavy atom. The van der Waals surface area contributed by atoms with Gasteiger partial charge in [-0.05, 0) is 19.8 Å². The summed E-state index contributed by atoms with van der Waals surface area (Å²) in [5, 5.41) is 8.84. The summed E-state index contributed by atoms with van der Waals surface area (Å²) in [6.07, 6.45) is 13.6. The van der Waals surface area contributed by atoms with Crippen LogP contribution in [0.5, 0.6) is 0 Å². The van der Waals surface area contributed by atoms with Crippen LogP contribution < -0.4 is 0 Å². The average molecular weight is 414 g/mol. The summed E-state index contributed by atoms with van der Waals surface area (Å²) >= 11 is 0. The molecule has 0 rings (SSSR count). The van der Waals surface area contributed by atoms with Gasteiger partial charge in [0.15, 0.2) is 0 Å². The zero-order valence-electron chi connectivity index (χ0n) is 18.0. The zero-order valence-corrected chi connectivity index (χ0v) is 18.9. The highest BCUT2D eigenvalue weighted by atomic mass is 31.2. The summed E-state index contributed by atoms with van der Waals surface area (Å²) in [5.74, 6) is 0. The van der Waals surface area contributed by atoms with Crippen LogP contribution in [-0.4, -0.2) is 42.2 Å². The minimum absolute atomic E-state index is 0.316. The lowest BCUT2D eigenvalue weighted by atomic mass is 10.1. The van der Waals surface area contributed by atoms with Crippen molar-refractivity contribution < 1.29 is 28.6 Å². The van der Waals surface area contributed by atoms with Gasteiger partial charge < -0.3 is 4.89 Å². The van der Waals surface area contributed by atoms with E-state index in [9.17, 15) is 9.46 Å². The lowest BCUT2D eigenvalue weighted by Crippen LogP contribution is -2.12. The van der Waals surface area contributed by atoms with Crippen LogP contribution >= 0.6 is 7.82 Å². The molecule has 0 aliphatic carbocycles. The average Bonchev–Trinajstić information content (AvgIpc) is 2.60. The molecule has 0 atom stereocenters. The van der Waals surface area contributed by atoms with E-state index in [4.69, 9.17) is 14.3 Å². The normalized spacial score (nSPS) is 11.5. The van der Waals surface area contributed by atoms with E-state index in [1.54, 1.807) is 6.92 Å². The number of rotatable bonds is 18. The van der Waals surface area contributed by atoms with Gasteiger partial charge in [0, 0.05) is 7.05 Å². The molecule has 2 N–H and O–H groups in total. The van der Waals surface area contributed by atoms with Crippen molar-refractivity contribution in [1.29, 1.82) is 0 Å². The highest BCUT2D eigenvalue weighted by molar-refractivity contribution is 7.47. The molecule has 0 radical (unpaired) electrons. The Bertz CT molecular complexity index is 309. The summed E-state index contributed by atoms with van der Waals surface area (Å²) in [4.78, 5) is 13.9. The second-order valence-electron chi connectivity index (χ2n) is 6.55. The number of hydrogen-bond acceptors (Lipinski definition) is 6. The molecule has 0 unspecified atom stereocenters. The topological polar surface area (TPSA) is 88.5 Å². The summed E-state index contributed by atoms with van der Waals surface area (Å²) in [6.45, 7) is 7.31. The number of nitrogens with zero attached hydrogens (tertiary/aromatic N) is 1. The predicted molar refractivity (Wildman–Crippen MR) is 110 cm³/mol.